The molecule has 0 unspecified atom stereocenters. The second-order valence-electron chi connectivity index (χ2n) is 6.56. The van der Waals surface area contributed by atoms with Gasteiger partial charge in [-0.1, -0.05) is 35.9 Å². The third-order valence-corrected chi connectivity index (χ3v) is 4.94. The van der Waals surface area contributed by atoms with Gasteiger partial charge in [0.15, 0.2) is 0 Å². The van der Waals surface area contributed by atoms with Crippen LogP contribution in [0, 0.1) is 0 Å². The quantitative estimate of drug-likeness (QED) is 0.752. The SMILES string of the molecule is O[C@@H]1CN(Cc2nc3ccccc3n2Cc2ccc(Cl)cc2)C[C@@H]1O. The summed E-state index contributed by atoms with van der Waals surface area (Å²) in [5.41, 5.74) is 3.18. The molecule has 1 aromatic heterocycles. The number of halogens is 1. The molecule has 0 aliphatic carbocycles. The highest BCUT2D eigenvalue weighted by Gasteiger charge is 2.30. The zero-order valence-corrected chi connectivity index (χ0v) is 14.5. The first-order chi connectivity index (χ1) is 12.1. The van der Waals surface area contributed by atoms with Crippen molar-refractivity contribution in [2.45, 2.75) is 25.3 Å². The fraction of sp³-hybridized carbons (Fsp3) is 0.316. The molecule has 0 spiro atoms. The van der Waals surface area contributed by atoms with Crippen LogP contribution in [0.4, 0.5) is 0 Å². The van der Waals surface area contributed by atoms with Crippen molar-refractivity contribution in [2.75, 3.05) is 13.1 Å². The van der Waals surface area contributed by atoms with E-state index in [1.54, 1.807) is 0 Å². The first kappa shape index (κ1) is 16.5. The first-order valence-electron chi connectivity index (χ1n) is 8.37. The van der Waals surface area contributed by atoms with E-state index in [1.165, 1.54) is 0 Å². The van der Waals surface area contributed by atoms with Gasteiger partial charge in [0, 0.05) is 24.7 Å². The number of hydrogen-bond acceptors (Lipinski definition) is 4. The van der Waals surface area contributed by atoms with Crippen LogP contribution in [0.5, 0.6) is 0 Å². The summed E-state index contributed by atoms with van der Waals surface area (Å²) in [6.07, 6.45) is -1.37. The average Bonchev–Trinajstić information content (AvgIpc) is 3.10. The number of likely N-dealkylation sites (tertiary alicyclic amines) is 1. The lowest BCUT2D eigenvalue weighted by molar-refractivity contribution is 0.0572. The van der Waals surface area contributed by atoms with Gasteiger partial charge in [0.05, 0.1) is 29.8 Å². The van der Waals surface area contributed by atoms with E-state index >= 15 is 0 Å². The number of β-amino-alcohol motifs (C(OH)–C–C–N with tert-alkyl or cyclic N) is 2. The van der Waals surface area contributed by atoms with Crippen molar-refractivity contribution in [3.63, 3.8) is 0 Å². The maximum absolute atomic E-state index is 9.79. The lowest BCUT2D eigenvalue weighted by Crippen LogP contribution is -2.24. The fourth-order valence-corrected chi connectivity index (χ4v) is 3.50. The van der Waals surface area contributed by atoms with E-state index in [0.717, 1.165) is 27.4 Å². The minimum atomic E-state index is -0.686. The summed E-state index contributed by atoms with van der Waals surface area (Å²) in [7, 11) is 0. The van der Waals surface area contributed by atoms with Gasteiger partial charge >= 0.3 is 0 Å². The maximum Gasteiger partial charge on any atom is 0.124 e. The van der Waals surface area contributed by atoms with E-state index < -0.39 is 12.2 Å². The van der Waals surface area contributed by atoms with Crippen LogP contribution in [-0.2, 0) is 13.1 Å². The number of para-hydroxylation sites is 2. The van der Waals surface area contributed by atoms with E-state index in [2.05, 4.69) is 10.6 Å². The van der Waals surface area contributed by atoms with Crippen LogP contribution in [0.15, 0.2) is 48.5 Å². The lowest BCUT2D eigenvalue weighted by atomic mass is 10.2. The molecule has 1 aliphatic rings. The number of imidazole rings is 1. The Hall–Kier alpha value is -1.92. The van der Waals surface area contributed by atoms with Crippen molar-refractivity contribution < 1.29 is 10.2 Å². The molecule has 2 heterocycles. The molecule has 0 radical (unpaired) electrons. The summed E-state index contributed by atoms with van der Waals surface area (Å²) >= 11 is 5.99. The van der Waals surface area contributed by atoms with E-state index in [9.17, 15) is 10.2 Å². The topological polar surface area (TPSA) is 61.5 Å². The van der Waals surface area contributed by atoms with E-state index in [4.69, 9.17) is 16.6 Å². The normalized spacial score (nSPS) is 21.2. The predicted octanol–water partition coefficient (Wildman–Crippen LogP) is 2.28. The number of aromatic nitrogens is 2. The molecule has 3 aromatic rings. The lowest BCUT2D eigenvalue weighted by Gasteiger charge is -2.16. The van der Waals surface area contributed by atoms with Crippen molar-refractivity contribution in [2.24, 2.45) is 0 Å². The van der Waals surface area contributed by atoms with Crippen LogP contribution in [0.2, 0.25) is 5.02 Å². The van der Waals surface area contributed by atoms with Gasteiger partial charge in [0.25, 0.3) is 0 Å². The van der Waals surface area contributed by atoms with Crippen molar-refractivity contribution in [3.05, 3.63) is 64.9 Å². The van der Waals surface area contributed by atoms with E-state index in [1.807, 2.05) is 47.4 Å². The summed E-state index contributed by atoms with van der Waals surface area (Å²) < 4.78 is 2.19. The second kappa shape index (κ2) is 6.77. The van der Waals surface area contributed by atoms with Crippen LogP contribution >= 0.6 is 11.6 Å². The Morgan fingerprint density at radius 3 is 2.36 bits per heavy atom. The highest BCUT2D eigenvalue weighted by Crippen LogP contribution is 2.21. The Bertz CT molecular complexity index is 868. The Balaban J connectivity index is 1.67. The maximum atomic E-state index is 9.79. The Morgan fingerprint density at radius 2 is 1.64 bits per heavy atom. The molecule has 5 nitrogen and oxygen atoms in total. The summed E-state index contributed by atoms with van der Waals surface area (Å²) in [5, 5.41) is 20.3. The molecule has 1 fully saturated rings. The molecule has 1 aliphatic heterocycles. The van der Waals surface area contributed by atoms with Gasteiger partial charge in [0.2, 0.25) is 0 Å². The van der Waals surface area contributed by atoms with Crippen molar-refractivity contribution in [3.8, 4) is 0 Å². The smallest absolute Gasteiger partial charge is 0.124 e. The van der Waals surface area contributed by atoms with Gasteiger partial charge in [-0.15, -0.1) is 0 Å². The molecule has 1 saturated heterocycles. The highest BCUT2D eigenvalue weighted by atomic mass is 35.5. The summed E-state index contributed by atoms with van der Waals surface area (Å²) in [6.45, 7) is 2.22. The molecule has 0 bridgehead atoms. The van der Waals surface area contributed by atoms with E-state index in [0.29, 0.717) is 26.2 Å². The van der Waals surface area contributed by atoms with Crippen molar-refractivity contribution >= 4 is 22.6 Å². The zero-order valence-electron chi connectivity index (χ0n) is 13.7. The molecule has 2 N–H and O–H groups in total. The fourth-order valence-electron chi connectivity index (χ4n) is 3.37. The predicted molar refractivity (Wildman–Crippen MR) is 97.6 cm³/mol. The minimum absolute atomic E-state index is 0.464. The minimum Gasteiger partial charge on any atom is -0.389 e. The summed E-state index contributed by atoms with van der Waals surface area (Å²) in [5.74, 6) is 0.928. The van der Waals surface area contributed by atoms with Crippen LogP contribution < -0.4 is 0 Å². The van der Waals surface area contributed by atoms with Crippen LogP contribution in [0.3, 0.4) is 0 Å². The Morgan fingerprint density at radius 1 is 0.960 bits per heavy atom. The summed E-state index contributed by atoms with van der Waals surface area (Å²) in [4.78, 5) is 6.81. The number of aliphatic hydroxyl groups is 2. The molecular weight excluding hydrogens is 338 g/mol. The largest absolute Gasteiger partial charge is 0.389 e. The number of benzene rings is 2. The third-order valence-electron chi connectivity index (χ3n) is 4.69. The highest BCUT2D eigenvalue weighted by molar-refractivity contribution is 6.30. The molecule has 25 heavy (non-hydrogen) atoms. The number of hydrogen-bond donors (Lipinski definition) is 2. The van der Waals surface area contributed by atoms with E-state index in [-0.39, 0.29) is 0 Å². The number of nitrogens with zero attached hydrogens (tertiary/aromatic N) is 3. The molecule has 130 valence electrons. The molecule has 0 saturated carbocycles. The zero-order chi connectivity index (χ0) is 17.4. The molecule has 0 amide bonds. The molecule has 4 rings (SSSR count). The Kier molecular flexibility index (Phi) is 4.48. The standard InChI is InChI=1S/C19H20ClN3O2/c20-14-7-5-13(6-8-14)9-23-16-4-2-1-3-15(16)21-19(23)12-22-10-17(24)18(25)11-22/h1-8,17-18,24-25H,9-12H2/t17-,18+. The van der Waals surface area contributed by atoms with Gasteiger partial charge in [-0.3, -0.25) is 4.90 Å². The number of fused-ring (bicyclic) bond motifs is 1. The Labute approximate surface area is 151 Å². The average molecular weight is 358 g/mol. The monoisotopic (exact) mass is 357 g/mol. The van der Waals surface area contributed by atoms with Gasteiger partial charge in [-0.25, -0.2) is 4.98 Å². The van der Waals surface area contributed by atoms with Gasteiger partial charge in [-0.2, -0.15) is 0 Å². The first-order valence-corrected chi connectivity index (χ1v) is 8.75. The van der Waals surface area contributed by atoms with Gasteiger partial charge in [-0.05, 0) is 29.8 Å². The molecule has 2 aromatic carbocycles. The van der Waals surface area contributed by atoms with Crippen LogP contribution in [0.1, 0.15) is 11.4 Å². The molecule has 6 heteroatoms. The number of aliphatic hydroxyl groups excluding tert-OH is 2. The van der Waals surface area contributed by atoms with Crippen LogP contribution in [0.25, 0.3) is 11.0 Å². The molecular formula is C19H20ClN3O2. The van der Waals surface area contributed by atoms with Gasteiger partial charge < -0.3 is 14.8 Å². The van der Waals surface area contributed by atoms with Crippen LogP contribution in [-0.4, -0.2) is 50.0 Å². The van der Waals surface area contributed by atoms with Crippen molar-refractivity contribution in [1.29, 1.82) is 0 Å². The molecule has 2 atom stereocenters. The van der Waals surface area contributed by atoms with Gasteiger partial charge in [0.1, 0.15) is 5.82 Å². The number of rotatable bonds is 4. The summed E-state index contributed by atoms with van der Waals surface area (Å²) in [6, 6.07) is 15.9. The second-order valence-corrected chi connectivity index (χ2v) is 6.99. The van der Waals surface area contributed by atoms with Crippen molar-refractivity contribution in [1.82, 2.24) is 14.5 Å². The third kappa shape index (κ3) is 3.41.